The van der Waals surface area contributed by atoms with E-state index in [1.807, 2.05) is 6.92 Å². The van der Waals surface area contributed by atoms with E-state index in [4.69, 9.17) is 9.47 Å². The first kappa shape index (κ1) is 24.4. The van der Waals surface area contributed by atoms with Crippen LogP contribution in [0.15, 0.2) is 42.6 Å². The van der Waals surface area contributed by atoms with Crippen LogP contribution in [0.1, 0.15) is 63.5 Å². The molecule has 0 saturated heterocycles. The summed E-state index contributed by atoms with van der Waals surface area (Å²) in [5.41, 5.74) is -0.663. The van der Waals surface area contributed by atoms with Crippen molar-refractivity contribution >= 4 is 16.9 Å². The molecule has 3 rings (SSSR count). The second-order valence-corrected chi connectivity index (χ2v) is 8.66. The molecule has 0 aliphatic heterocycles. The zero-order valence-electron chi connectivity index (χ0n) is 19.3. The zero-order chi connectivity index (χ0) is 24.3. The molecule has 8 heteroatoms. The smallest absolute Gasteiger partial charge is 0.408 e. The number of pyridine rings is 1. The van der Waals surface area contributed by atoms with E-state index in [0.717, 1.165) is 12.1 Å². The molecule has 0 fully saturated rings. The summed E-state index contributed by atoms with van der Waals surface area (Å²) in [6.07, 6.45) is -0.744. The number of nitrogens with zero attached hydrogens (tertiary/aromatic N) is 1. The number of aromatic nitrogens is 1. The van der Waals surface area contributed by atoms with Crippen LogP contribution in [0.5, 0.6) is 5.88 Å². The molecule has 2 atom stereocenters. The number of amides is 1. The van der Waals surface area contributed by atoms with Gasteiger partial charge in [-0.3, -0.25) is 0 Å². The van der Waals surface area contributed by atoms with Crippen molar-refractivity contribution in [2.45, 2.75) is 52.4 Å². The Bertz CT molecular complexity index is 1140. The van der Waals surface area contributed by atoms with Gasteiger partial charge < -0.3 is 19.9 Å². The Hall–Kier alpha value is -3.26. The number of hydrogen-bond acceptors (Lipinski definition) is 5. The van der Waals surface area contributed by atoms with Crippen LogP contribution in [-0.4, -0.2) is 28.4 Å². The van der Waals surface area contributed by atoms with Gasteiger partial charge in [0, 0.05) is 11.6 Å². The number of alkyl carbamates (subject to hydrolysis) is 1. The summed E-state index contributed by atoms with van der Waals surface area (Å²) >= 11 is 0. The maximum atomic E-state index is 15.0. The van der Waals surface area contributed by atoms with Crippen LogP contribution < -0.4 is 10.1 Å². The molecule has 0 spiro atoms. The lowest BCUT2D eigenvalue weighted by atomic mass is 9.94. The van der Waals surface area contributed by atoms with Crippen molar-refractivity contribution in [3.05, 3.63) is 70.9 Å². The summed E-state index contributed by atoms with van der Waals surface area (Å²) in [6.45, 7) is 8.96. The van der Waals surface area contributed by atoms with E-state index in [-0.39, 0.29) is 5.56 Å². The molecular formula is C25H28F2N2O4. The normalized spacial score (nSPS) is 13.5. The van der Waals surface area contributed by atoms with Gasteiger partial charge in [-0.2, -0.15) is 0 Å². The highest BCUT2D eigenvalue weighted by Gasteiger charge is 2.25. The minimum absolute atomic E-state index is 0.201. The number of halogens is 2. The summed E-state index contributed by atoms with van der Waals surface area (Å²) in [5.74, 6) is -1.47. The monoisotopic (exact) mass is 458 g/mol. The van der Waals surface area contributed by atoms with Crippen molar-refractivity contribution in [3.63, 3.8) is 0 Å². The molecule has 33 heavy (non-hydrogen) atoms. The fraction of sp³-hybridized carbons (Fsp3) is 0.360. The molecule has 2 unspecified atom stereocenters. The van der Waals surface area contributed by atoms with Crippen molar-refractivity contribution in [3.8, 4) is 5.88 Å². The molecule has 176 valence electrons. The molecule has 2 aromatic carbocycles. The van der Waals surface area contributed by atoms with Gasteiger partial charge in [0.05, 0.1) is 18.2 Å². The first-order chi connectivity index (χ1) is 15.5. The lowest BCUT2D eigenvalue weighted by molar-refractivity contribution is 0.0507. The number of aliphatic hydroxyl groups excluding tert-OH is 1. The maximum absolute atomic E-state index is 15.0. The summed E-state index contributed by atoms with van der Waals surface area (Å²) in [7, 11) is 0. The minimum atomic E-state index is -1.56. The Morgan fingerprint density at radius 2 is 1.82 bits per heavy atom. The maximum Gasteiger partial charge on any atom is 0.408 e. The standard InChI is InChI=1S/C25H28F2N2O4/c1-6-32-23-18-9-7-8-17(16(18)10-11-28-23)22(30)21-19(26)12-15(13-20(21)27)14(2)29-24(31)33-25(3,4)5/h7-14,22,30H,6H2,1-5H3,(H,29,31). The van der Waals surface area contributed by atoms with Gasteiger partial charge in [-0.05, 0) is 75.4 Å². The van der Waals surface area contributed by atoms with Crippen LogP contribution in [0.2, 0.25) is 0 Å². The third-order valence-electron chi connectivity index (χ3n) is 4.99. The van der Waals surface area contributed by atoms with Gasteiger partial charge in [-0.15, -0.1) is 0 Å². The highest BCUT2D eigenvalue weighted by atomic mass is 19.1. The number of hydrogen-bond donors (Lipinski definition) is 2. The van der Waals surface area contributed by atoms with Crippen molar-refractivity contribution in [1.82, 2.24) is 10.3 Å². The minimum Gasteiger partial charge on any atom is -0.478 e. The van der Waals surface area contributed by atoms with Gasteiger partial charge in [-0.25, -0.2) is 18.6 Å². The Labute approximate surface area is 191 Å². The van der Waals surface area contributed by atoms with Crippen molar-refractivity contribution in [2.24, 2.45) is 0 Å². The molecule has 1 amide bonds. The third kappa shape index (κ3) is 5.57. The predicted molar refractivity (Wildman–Crippen MR) is 121 cm³/mol. The fourth-order valence-corrected chi connectivity index (χ4v) is 3.53. The molecule has 0 saturated carbocycles. The number of fused-ring (bicyclic) bond motifs is 1. The topological polar surface area (TPSA) is 80.7 Å². The van der Waals surface area contributed by atoms with Crippen LogP contribution in [-0.2, 0) is 4.74 Å². The lowest BCUT2D eigenvalue weighted by Crippen LogP contribution is -2.34. The number of ether oxygens (including phenoxy) is 2. The van der Waals surface area contributed by atoms with E-state index in [1.165, 1.54) is 6.20 Å². The Balaban J connectivity index is 1.93. The Kier molecular flexibility index (Phi) is 7.17. The molecule has 0 aliphatic carbocycles. The first-order valence-corrected chi connectivity index (χ1v) is 10.7. The van der Waals surface area contributed by atoms with Crippen LogP contribution >= 0.6 is 0 Å². The van der Waals surface area contributed by atoms with Crippen molar-refractivity contribution < 1.29 is 28.2 Å². The first-order valence-electron chi connectivity index (χ1n) is 10.7. The highest BCUT2D eigenvalue weighted by molar-refractivity contribution is 5.90. The van der Waals surface area contributed by atoms with Crippen molar-refractivity contribution in [2.75, 3.05) is 6.61 Å². The molecule has 0 aliphatic rings. The zero-order valence-corrected chi connectivity index (χ0v) is 19.3. The Morgan fingerprint density at radius 1 is 1.15 bits per heavy atom. The van der Waals surface area contributed by atoms with Gasteiger partial charge in [0.15, 0.2) is 0 Å². The second-order valence-electron chi connectivity index (χ2n) is 8.66. The lowest BCUT2D eigenvalue weighted by Gasteiger charge is -2.23. The van der Waals surface area contributed by atoms with Gasteiger partial charge >= 0.3 is 6.09 Å². The predicted octanol–water partition coefficient (Wildman–Crippen LogP) is 5.58. The van der Waals surface area contributed by atoms with Gasteiger partial charge in [-0.1, -0.05) is 12.1 Å². The molecule has 3 aromatic rings. The fourth-order valence-electron chi connectivity index (χ4n) is 3.53. The number of aliphatic hydroxyl groups is 1. The SMILES string of the molecule is CCOc1nccc2c(C(O)c3c(F)cc(C(C)NC(=O)OC(C)(C)C)cc3F)cccc12. The van der Waals surface area contributed by atoms with E-state index >= 15 is 8.78 Å². The van der Waals surface area contributed by atoms with E-state index < -0.39 is 41.0 Å². The number of nitrogens with one attached hydrogen (secondary N) is 1. The number of benzene rings is 2. The third-order valence-corrected chi connectivity index (χ3v) is 4.99. The number of rotatable bonds is 6. The molecule has 1 aromatic heterocycles. The quantitative estimate of drug-likeness (QED) is 0.504. The van der Waals surface area contributed by atoms with E-state index in [1.54, 1.807) is 52.0 Å². The summed E-state index contributed by atoms with van der Waals surface area (Å²) < 4.78 is 40.8. The van der Waals surface area contributed by atoms with E-state index in [2.05, 4.69) is 10.3 Å². The Morgan fingerprint density at radius 3 is 2.42 bits per heavy atom. The molecule has 0 bridgehead atoms. The molecule has 1 heterocycles. The average molecular weight is 459 g/mol. The van der Waals surface area contributed by atoms with Gasteiger partial charge in [0.1, 0.15) is 23.3 Å². The van der Waals surface area contributed by atoms with E-state index in [0.29, 0.717) is 28.8 Å². The van der Waals surface area contributed by atoms with Gasteiger partial charge in [0.25, 0.3) is 0 Å². The van der Waals surface area contributed by atoms with Crippen LogP contribution in [0.25, 0.3) is 10.8 Å². The second kappa shape index (κ2) is 9.70. The summed E-state index contributed by atoms with van der Waals surface area (Å²) in [5, 5.41) is 14.7. The highest BCUT2D eigenvalue weighted by Crippen LogP contribution is 2.35. The number of carbonyl (C=O) groups excluding carboxylic acids is 1. The van der Waals surface area contributed by atoms with Gasteiger partial charge in [0.2, 0.25) is 5.88 Å². The number of carbonyl (C=O) groups is 1. The molecule has 6 nitrogen and oxygen atoms in total. The summed E-state index contributed by atoms with van der Waals surface area (Å²) in [4.78, 5) is 16.2. The largest absolute Gasteiger partial charge is 0.478 e. The van der Waals surface area contributed by atoms with Crippen LogP contribution in [0.4, 0.5) is 13.6 Å². The van der Waals surface area contributed by atoms with E-state index in [9.17, 15) is 9.90 Å². The molecule has 0 radical (unpaired) electrons. The van der Waals surface area contributed by atoms with Crippen LogP contribution in [0.3, 0.4) is 0 Å². The molecular weight excluding hydrogens is 430 g/mol. The molecule has 2 N–H and O–H groups in total. The summed E-state index contributed by atoms with van der Waals surface area (Å²) in [6, 6.07) is 8.18. The van der Waals surface area contributed by atoms with Crippen LogP contribution in [0, 0.1) is 11.6 Å². The average Bonchev–Trinajstić information content (AvgIpc) is 2.71. The van der Waals surface area contributed by atoms with Crippen molar-refractivity contribution in [1.29, 1.82) is 0 Å².